The Bertz CT molecular complexity index is 998. The second-order valence-electron chi connectivity index (χ2n) is 20.9. The molecule has 0 aliphatic carbocycles. The van der Waals surface area contributed by atoms with Gasteiger partial charge in [-0.3, -0.25) is 14.4 Å². The molecule has 0 bridgehead atoms. The maximum absolute atomic E-state index is 12.9. The molecule has 2 atom stereocenters. The first-order chi connectivity index (χ1) is 32.4. The molecule has 0 aromatic rings. The number of carbonyl (C=O) groups is 3. The highest BCUT2D eigenvalue weighted by molar-refractivity contribution is 5.71. The van der Waals surface area contributed by atoms with Gasteiger partial charge >= 0.3 is 17.9 Å². The highest BCUT2D eigenvalue weighted by Crippen LogP contribution is 2.19. The highest BCUT2D eigenvalue weighted by atomic mass is 16.6. The van der Waals surface area contributed by atoms with Crippen molar-refractivity contribution in [2.24, 2.45) is 5.92 Å². The molecule has 392 valence electrons. The summed E-state index contributed by atoms with van der Waals surface area (Å²) in [6, 6.07) is 0. The van der Waals surface area contributed by atoms with Gasteiger partial charge in [0.1, 0.15) is 13.2 Å². The molecule has 0 saturated carbocycles. The summed E-state index contributed by atoms with van der Waals surface area (Å²) in [4.78, 5) is 38.1. The molecule has 0 heterocycles. The van der Waals surface area contributed by atoms with E-state index in [4.69, 9.17) is 14.2 Å². The van der Waals surface area contributed by atoms with Crippen LogP contribution in [0.2, 0.25) is 0 Å². The number of rotatable bonds is 55. The van der Waals surface area contributed by atoms with Gasteiger partial charge in [-0.1, -0.05) is 304 Å². The van der Waals surface area contributed by atoms with E-state index >= 15 is 0 Å². The van der Waals surface area contributed by atoms with Crippen molar-refractivity contribution in [3.05, 3.63) is 0 Å². The van der Waals surface area contributed by atoms with Crippen LogP contribution in [0.5, 0.6) is 0 Å². The molecule has 0 aromatic heterocycles. The second-order valence-corrected chi connectivity index (χ2v) is 20.9. The average Bonchev–Trinajstić information content (AvgIpc) is 3.32. The summed E-state index contributed by atoms with van der Waals surface area (Å²) in [6.07, 6.45) is 59.5. The fraction of sp³-hybridized carbons (Fsp3) is 0.950. The summed E-state index contributed by atoms with van der Waals surface area (Å²) in [7, 11) is 0. The molecule has 1 unspecified atom stereocenters. The minimum Gasteiger partial charge on any atom is -0.462 e. The Morgan fingerprint density at radius 2 is 0.530 bits per heavy atom. The smallest absolute Gasteiger partial charge is 0.306 e. The number of ether oxygens (including phenoxy) is 3. The molecular formula is C60H116O6. The minimum atomic E-state index is -0.762. The zero-order valence-corrected chi connectivity index (χ0v) is 45.2. The van der Waals surface area contributed by atoms with Crippen molar-refractivity contribution in [3.63, 3.8) is 0 Å². The van der Waals surface area contributed by atoms with Crippen molar-refractivity contribution in [1.29, 1.82) is 0 Å². The van der Waals surface area contributed by atoms with Gasteiger partial charge in [0.2, 0.25) is 0 Å². The minimum absolute atomic E-state index is 0.0617. The van der Waals surface area contributed by atoms with Gasteiger partial charge in [-0.05, 0) is 25.2 Å². The number of hydrogen-bond acceptors (Lipinski definition) is 6. The summed E-state index contributed by atoms with van der Waals surface area (Å²) in [5, 5.41) is 0. The lowest BCUT2D eigenvalue weighted by Crippen LogP contribution is -2.30. The molecule has 0 N–H and O–H groups in total. The monoisotopic (exact) mass is 933 g/mol. The molecule has 0 fully saturated rings. The summed E-state index contributed by atoms with van der Waals surface area (Å²) < 4.78 is 16.9. The first kappa shape index (κ1) is 64.4. The Labute approximate surface area is 412 Å². The van der Waals surface area contributed by atoms with E-state index in [0.29, 0.717) is 19.3 Å². The number of esters is 3. The van der Waals surface area contributed by atoms with Crippen LogP contribution < -0.4 is 0 Å². The normalized spacial score (nSPS) is 12.4. The summed E-state index contributed by atoms with van der Waals surface area (Å²) in [6.45, 7) is 9.10. The predicted molar refractivity (Wildman–Crippen MR) is 284 cm³/mol. The molecule has 6 nitrogen and oxygen atoms in total. The van der Waals surface area contributed by atoms with Crippen molar-refractivity contribution in [3.8, 4) is 0 Å². The first-order valence-electron chi connectivity index (χ1n) is 29.9. The third kappa shape index (κ3) is 51.8. The maximum Gasteiger partial charge on any atom is 0.306 e. The van der Waals surface area contributed by atoms with Gasteiger partial charge in [-0.25, -0.2) is 0 Å². The third-order valence-corrected chi connectivity index (χ3v) is 14.2. The molecule has 0 spiro atoms. The molecule has 0 aromatic carbocycles. The standard InChI is InChI=1S/C60H116O6/c1-5-8-10-12-14-16-18-19-20-21-22-23-24-28-32-36-40-44-48-52-59(62)65-55-57(54-64-58(61)51-47-43-39-35-30-17-15-13-11-9-6-2)66-60(63)53-49-45-41-37-33-29-26-25-27-31-34-38-42-46-50-56(4)7-3/h56-57H,5-55H2,1-4H3/t56?,57-/m0/s1. The zero-order valence-electron chi connectivity index (χ0n) is 45.2. The van der Waals surface area contributed by atoms with Gasteiger partial charge in [-0.2, -0.15) is 0 Å². The molecular weight excluding hydrogens is 817 g/mol. The van der Waals surface area contributed by atoms with Crippen LogP contribution in [-0.2, 0) is 28.6 Å². The van der Waals surface area contributed by atoms with Crippen molar-refractivity contribution < 1.29 is 28.6 Å². The van der Waals surface area contributed by atoms with Crippen molar-refractivity contribution in [2.45, 2.75) is 348 Å². The van der Waals surface area contributed by atoms with Crippen LogP contribution in [0.15, 0.2) is 0 Å². The van der Waals surface area contributed by atoms with Crippen molar-refractivity contribution in [1.82, 2.24) is 0 Å². The highest BCUT2D eigenvalue weighted by Gasteiger charge is 2.19. The van der Waals surface area contributed by atoms with E-state index < -0.39 is 6.10 Å². The lowest BCUT2D eigenvalue weighted by Gasteiger charge is -2.18. The van der Waals surface area contributed by atoms with Crippen LogP contribution in [0, 0.1) is 5.92 Å². The van der Waals surface area contributed by atoms with Crippen LogP contribution in [0.25, 0.3) is 0 Å². The second kappa shape index (κ2) is 54.4. The first-order valence-corrected chi connectivity index (χ1v) is 29.9. The molecule has 0 rings (SSSR count). The van der Waals surface area contributed by atoms with Gasteiger partial charge in [0.25, 0.3) is 0 Å². The van der Waals surface area contributed by atoms with Crippen molar-refractivity contribution in [2.75, 3.05) is 13.2 Å². The maximum atomic E-state index is 12.9. The Balaban J connectivity index is 4.24. The SMILES string of the molecule is CCCCCCCCCCCCCCCCCCCCCC(=O)OC[C@H](COC(=O)CCCCCCCCCCCCC)OC(=O)CCCCCCCCCCCCCCCCC(C)CC. The zero-order chi connectivity index (χ0) is 48.1. The lowest BCUT2D eigenvalue weighted by atomic mass is 9.99. The molecule has 6 heteroatoms. The largest absolute Gasteiger partial charge is 0.462 e. The topological polar surface area (TPSA) is 78.9 Å². The van der Waals surface area contributed by atoms with E-state index in [1.807, 2.05) is 0 Å². The van der Waals surface area contributed by atoms with Gasteiger partial charge in [0.15, 0.2) is 6.10 Å². The van der Waals surface area contributed by atoms with Crippen LogP contribution in [0.4, 0.5) is 0 Å². The molecule has 0 aliphatic rings. The van der Waals surface area contributed by atoms with Crippen LogP contribution in [0.3, 0.4) is 0 Å². The average molecular weight is 934 g/mol. The number of unbranched alkanes of at least 4 members (excludes halogenated alkanes) is 41. The molecule has 0 amide bonds. The van der Waals surface area contributed by atoms with Gasteiger partial charge < -0.3 is 14.2 Å². The Kier molecular flexibility index (Phi) is 53.0. The fourth-order valence-electron chi connectivity index (χ4n) is 9.25. The van der Waals surface area contributed by atoms with E-state index in [1.165, 1.54) is 238 Å². The Hall–Kier alpha value is -1.59. The fourth-order valence-corrected chi connectivity index (χ4v) is 9.25. The van der Waals surface area contributed by atoms with E-state index in [1.54, 1.807) is 0 Å². The summed E-state index contributed by atoms with van der Waals surface area (Å²) >= 11 is 0. The van der Waals surface area contributed by atoms with Gasteiger partial charge in [0, 0.05) is 19.3 Å². The third-order valence-electron chi connectivity index (χ3n) is 14.2. The number of hydrogen-bond donors (Lipinski definition) is 0. The lowest BCUT2D eigenvalue weighted by molar-refractivity contribution is -0.167. The van der Waals surface area contributed by atoms with Crippen LogP contribution in [0.1, 0.15) is 342 Å². The van der Waals surface area contributed by atoms with E-state index in [0.717, 1.165) is 63.7 Å². The predicted octanol–water partition coefficient (Wildman–Crippen LogP) is 19.8. The van der Waals surface area contributed by atoms with E-state index in [2.05, 4.69) is 27.7 Å². The summed E-state index contributed by atoms with van der Waals surface area (Å²) in [5.41, 5.74) is 0. The van der Waals surface area contributed by atoms with Crippen molar-refractivity contribution >= 4 is 17.9 Å². The van der Waals surface area contributed by atoms with Crippen LogP contribution >= 0.6 is 0 Å². The quantitative estimate of drug-likeness (QED) is 0.0343. The van der Waals surface area contributed by atoms with E-state index in [9.17, 15) is 14.4 Å². The van der Waals surface area contributed by atoms with Gasteiger partial charge in [0.05, 0.1) is 0 Å². The van der Waals surface area contributed by atoms with Gasteiger partial charge in [-0.15, -0.1) is 0 Å². The molecule has 0 saturated heterocycles. The number of carbonyl (C=O) groups excluding carboxylic acids is 3. The van der Waals surface area contributed by atoms with E-state index in [-0.39, 0.29) is 31.1 Å². The summed E-state index contributed by atoms with van der Waals surface area (Å²) in [5.74, 6) is 0.0600. The molecule has 0 radical (unpaired) electrons. The molecule has 66 heavy (non-hydrogen) atoms. The molecule has 0 aliphatic heterocycles. The Morgan fingerprint density at radius 3 is 0.788 bits per heavy atom. The Morgan fingerprint density at radius 1 is 0.303 bits per heavy atom. The van der Waals surface area contributed by atoms with Crippen LogP contribution in [-0.4, -0.2) is 37.2 Å².